The Hall–Kier alpha value is -3.26. The quantitative estimate of drug-likeness (QED) is 0.362. The lowest BCUT2D eigenvalue weighted by molar-refractivity contribution is 0.415. The number of rotatable bonds is 1. The Balaban J connectivity index is 2.06. The van der Waals surface area contributed by atoms with Crippen molar-refractivity contribution in [1.29, 1.82) is 0 Å². The maximum atomic E-state index is 5.50. The number of benzene rings is 4. The third kappa shape index (κ3) is 1.50. The van der Waals surface area contributed by atoms with E-state index in [4.69, 9.17) is 4.74 Å². The van der Waals surface area contributed by atoms with Crippen LogP contribution < -0.4 is 4.74 Å². The van der Waals surface area contributed by atoms with Gasteiger partial charge in [-0.25, -0.2) is 0 Å². The molecule has 2 aromatic heterocycles. The van der Waals surface area contributed by atoms with E-state index in [1.165, 1.54) is 48.9 Å². The van der Waals surface area contributed by atoms with Crippen LogP contribution in [0.15, 0.2) is 72.8 Å². The van der Waals surface area contributed by atoms with Gasteiger partial charge in [0.1, 0.15) is 5.75 Å². The number of ether oxygens (including phenoxy) is 1. The van der Waals surface area contributed by atoms with E-state index in [9.17, 15) is 0 Å². The van der Waals surface area contributed by atoms with Crippen molar-refractivity contribution >= 4 is 48.9 Å². The molecule has 0 amide bonds. The van der Waals surface area contributed by atoms with Gasteiger partial charge in [-0.1, -0.05) is 42.5 Å². The van der Waals surface area contributed by atoms with Crippen LogP contribution in [0, 0.1) is 0 Å². The Labute approximate surface area is 144 Å². The van der Waals surface area contributed by atoms with E-state index in [1.54, 1.807) is 7.11 Å². The molecule has 118 valence electrons. The van der Waals surface area contributed by atoms with Crippen molar-refractivity contribution in [3.63, 3.8) is 0 Å². The highest BCUT2D eigenvalue weighted by atomic mass is 16.5. The molecule has 0 fully saturated rings. The van der Waals surface area contributed by atoms with E-state index in [1.807, 2.05) is 6.07 Å². The summed E-state index contributed by atoms with van der Waals surface area (Å²) < 4.78 is 7.90. The molecule has 0 aliphatic heterocycles. The summed E-state index contributed by atoms with van der Waals surface area (Å²) in [7, 11) is 1.73. The number of hydrogen-bond acceptors (Lipinski definition) is 1. The van der Waals surface area contributed by atoms with Crippen LogP contribution in [-0.2, 0) is 0 Å². The number of methoxy groups -OCH3 is 1. The zero-order valence-electron chi connectivity index (χ0n) is 13.8. The van der Waals surface area contributed by atoms with Gasteiger partial charge < -0.3 is 9.14 Å². The van der Waals surface area contributed by atoms with Crippen molar-refractivity contribution < 1.29 is 4.74 Å². The fraction of sp³-hybridized carbons (Fsp3) is 0.0435. The molecule has 2 heterocycles. The average molecular weight is 321 g/mol. The lowest BCUT2D eigenvalue weighted by Crippen LogP contribution is -1.83. The fourth-order valence-electron chi connectivity index (χ4n) is 4.35. The van der Waals surface area contributed by atoms with Crippen LogP contribution in [0.3, 0.4) is 0 Å². The molecule has 4 aromatic carbocycles. The first-order valence-corrected chi connectivity index (χ1v) is 8.50. The van der Waals surface area contributed by atoms with Crippen molar-refractivity contribution in [1.82, 2.24) is 4.40 Å². The molecule has 0 saturated carbocycles. The standard InChI is InChI=1S/C23H15NO/c1-25-15-10-11-21-19(13-15)22-16-7-3-2-6-14(16)12-18-17-8-4-5-9-20(17)24(21)23(18)22/h2-13H,1H3. The maximum absolute atomic E-state index is 5.50. The molecule has 6 rings (SSSR count). The van der Waals surface area contributed by atoms with Crippen LogP contribution in [0.2, 0.25) is 0 Å². The second-order valence-corrected chi connectivity index (χ2v) is 6.60. The van der Waals surface area contributed by atoms with Gasteiger partial charge in [-0.3, -0.25) is 0 Å². The van der Waals surface area contributed by atoms with Crippen LogP contribution >= 0.6 is 0 Å². The third-order valence-corrected chi connectivity index (χ3v) is 5.39. The molecule has 0 saturated heterocycles. The Morgan fingerprint density at radius 1 is 0.680 bits per heavy atom. The van der Waals surface area contributed by atoms with E-state index in [2.05, 4.69) is 71.1 Å². The molecule has 2 heteroatoms. The van der Waals surface area contributed by atoms with Crippen molar-refractivity contribution in [3.8, 4) is 5.75 Å². The predicted molar refractivity (Wildman–Crippen MR) is 105 cm³/mol. The molecule has 0 spiro atoms. The highest BCUT2D eigenvalue weighted by molar-refractivity contribution is 6.31. The first-order valence-electron chi connectivity index (χ1n) is 8.50. The van der Waals surface area contributed by atoms with Crippen LogP contribution in [0.5, 0.6) is 5.75 Å². The Morgan fingerprint density at radius 2 is 1.44 bits per heavy atom. The topological polar surface area (TPSA) is 13.6 Å². The van der Waals surface area contributed by atoms with Crippen LogP contribution in [0.1, 0.15) is 0 Å². The molecule has 0 unspecified atom stereocenters. The lowest BCUT2D eigenvalue weighted by Gasteiger charge is -2.03. The zero-order valence-corrected chi connectivity index (χ0v) is 13.8. The summed E-state index contributed by atoms with van der Waals surface area (Å²) in [6.45, 7) is 0. The minimum Gasteiger partial charge on any atom is -0.497 e. The lowest BCUT2D eigenvalue weighted by atomic mass is 10.0. The first-order chi connectivity index (χ1) is 12.4. The van der Waals surface area contributed by atoms with Gasteiger partial charge in [-0.15, -0.1) is 0 Å². The molecular weight excluding hydrogens is 306 g/mol. The Morgan fingerprint density at radius 3 is 2.32 bits per heavy atom. The molecule has 0 N–H and O–H groups in total. The number of para-hydroxylation sites is 1. The SMILES string of the molecule is COc1ccc2c(c1)c1c3ccccc3cc3c4ccccc4n2c31. The molecule has 0 aliphatic carbocycles. The summed E-state index contributed by atoms with van der Waals surface area (Å²) in [6, 6.07) is 26.1. The van der Waals surface area contributed by atoms with Crippen molar-refractivity contribution in [2.24, 2.45) is 0 Å². The second kappa shape index (κ2) is 4.42. The molecular formula is C23H15NO. The Kier molecular flexibility index (Phi) is 2.31. The van der Waals surface area contributed by atoms with Crippen molar-refractivity contribution in [3.05, 3.63) is 72.8 Å². The number of hydrogen-bond donors (Lipinski definition) is 0. The largest absolute Gasteiger partial charge is 0.497 e. The summed E-state index contributed by atoms with van der Waals surface area (Å²) in [5.74, 6) is 0.898. The molecule has 0 atom stereocenters. The Bertz CT molecular complexity index is 1420. The highest BCUT2D eigenvalue weighted by Crippen LogP contribution is 2.43. The summed E-state index contributed by atoms with van der Waals surface area (Å²) in [6.07, 6.45) is 0. The van der Waals surface area contributed by atoms with E-state index in [-0.39, 0.29) is 0 Å². The zero-order chi connectivity index (χ0) is 16.5. The number of fused-ring (bicyclic) bond motifs is 8. The minimum absolute atomic E-state index is 0.898. The van der Waals surface area contributed by atoms with Gasteiger partial charge in [0, 0.05) is 21.5 Å². The normalized spacial score (nSPS) is 12.2. The van der Waals surface area contributed by atoms with E-state index in [0.717, 1.165) is 5.75 Å². The molecule has 6 aromatic rings. The van der Waals surface area contributed by atoms with E-state index >= 15 is 0 Å². The second-order valence-electron chi connectivity index (χ2n) is 6.60. The molecule has 25 heavy (non-hydrogen) atoms. The smallest absolute Gasteiger partial charge is 0.119 e. The summed E-state index contributed by atoms with van der Waals surface area (Å²) in [5, 5.41) is 7.78. The number of nitrogens with zero attached hydrogens (tertiary/aromatic N) is 1. The summed E-state index contributed by atoms with van der Waals surface area (Å²) >= 11 is 0. The molecule has 2 nitrogen and oxygen atoms in total. The minimum atomic E-state index is 0.898. The molecule has 0 radical (unpaired) electrons. The molecule has 0 aliphatic rings. The average Bonchev–Trinajstić information content (AvgIpc) is 3.18. The predicted octanol–water partition coefficient (Wildman–Crippen LogP) is 6.00. The maximum Gasteiger partial charge on any atom is 0.119 e. The highest BCUT2D eigenvalue weighted by Gasteiger charge is 2.19. The van der Waals surface area contributed by atoms with Gasteiger partial charge >= 0.3 is 0 Å². The van der Waals surface area contributed by atoms with Gasteiger partial charge in [-0.2, -0.15) is 0 Å². The molecule has 0 bridgehead atoms. The van der Waals surface area contributed by atoms with Crippen molar-refractivity contribution in [2.45, 2.75) is 0 Å². The third-order valence-electron chi connectivity index (χ3n) is 5.39. The van der Waals surface area contributed by atoms with Crippen LogP contribution in [0.4, 0.5) is 0 Å². The number of aromatic nitrogens is 1. The van der Waals surface area contributed by atoms with E-state index < -0.39 is 0 Å². The van der Waals surface area contributed by atoms with Gasteiger partial charge in [0.25, 0.3) is 0 Å². The summed E-state index contributed by atoms with van der Waals surface area (Å²) in [4.78, 5) is 0. The fourth-order valence-corrected chi connectivity index (χ4v) is 4.35. The van der Waals surface area contributed by atoms with Gasteiger partial charge in [0.2, 0.25) is 0 Å². The first kappa shape index (κ1) is 13.1. The monoisotopic (exact) mass is 321 g/mol. The van der Waals surface area contributed by atoms with Crippen LogP contribution in [0.25, 0.3) is 48.9 Å². The van der Waals surface area contributed by atoms with Gasteiger partial charge in [-0.05, 0) is 41.1 Å². The van der Waals surface area contributed by atoms with Gasteiger partial charge in [0.15, 0.2) is 0 Å². The van der Waals surface area contributed by atoms with Crippen LogP contribution in [-0.4, -0.2) is 11.5 Å². The van der Waals surface area contributed by atoms with Crippen molar-refractivity contribution in [2.75, 3.05) is 7.11 Å². The van der Waals surface area contributed by atoms with Gasteiger partial charge in [0.05, 0.1) is 23.7 Å². The van der Waals surface area contributed by atoms with E-state index in [0.29, 0.717) is 0 Å². The summed E-state index contributed by atoms with van der Waals surface area (Å²) in [5.41, 5.74) is 3.81.